The molecule has 0 aliphatic carbocycles. The van der Waals surface area contributed by atoms with Gasteiger partial charge in [0.05, 0.1) is 12.2 Å². The van der Waals surface area contributed by atoms with Crippen molar-refractivity contribution in [1.29, 1.82) is 0 Å². The maximum Gasteiger partial charge on any atom is 0.151 e. The number of nitrogens with zero attached hydrogens (tertiary/aromatic N) is 2. The number of rotatable bonds is 8. The largest absolute Gasteiger partial charge is 0.360 e. The highest BCUT2D eigenvalue weighted by Gasteiger charge is 2.07. The topological polar surface area (TPSA) is 41.3 Å². The summed E-state index contributed by atoms with van der Waals surface area (Å²) >= 11 is 0. The Hall–Kier alpha value is -1.39. The molecule has 0 saturated carbocycles. The van der Waals surface area contributed by atoms with Crippen LogP contribution >= 0.6 is 0 Å². The molecule has 1 aromatic heterocycles. The summed E-state index contributed by atoms with van der Waals surface area (Å²) in [6.45, 7) is 10.5. The number of hydrogen-bond acceptors (Lipinski definition) is 4. The summed E-state index contributed by atoms with van der Waals surface area (Å²) in [6.07, 6.45) is 3.74. The SMILES string of the molecule is C=CCN(CC=C)Cc1cc(CNC)no1. The number of hydrogen-bond donors (Lipinski definition) is 1. The predicted octanol–water partition coefficient (Wildman–Crippen LogP) is 1.57. The highest BCUT2D eigenvalue weighted by Crippen LogP contribution is 2.07. The van der Waals surface area contributed by atoms with Gasteiger partial charge in [0.25, 0.3) is 0 Å². The van der Waals surface area contributed by atoms with Crippen LogP contribution in [-0.2, 0) is 13.1 Å². The van der Waals surface area contributed by atoms with Gasteiger partial charge in [0.2, 0.25) is 0 Å². The molecule has 0 unspecified atom stereocenters. The first kappa shape index (κ1) is 12.7. The van der Waals surface area contributed by atoms with Crippen LogP contribution in [0.4, 0.5) is 0 Å². The Morgan fingerprint density at radius 1 is 1.44 bits per heavy atom. The molecule has 0 radical (unpaired) electrons. The van der Waals surface area contributed by atoms with Gasteiger partial charge in [0.1, 0.15) is 0 Å². The summed E-state index contributed by atoms with van der Waals surface area (Å²) in [5.41, 5.74) is 0.926. The van der Waals surface area contributed by atoms with Crippen molar-refractivity contribution in [1.82, 2.24) is 15.4 Å². The standard InChI is InChI=1S/C12H19N3O/c1-4-6-15(7-5-2)10-12-8-11(9-13-3)14-16-12/h4-5,8,13H,1-2,6-7,9-10H2,3H3. The molecule has 1 aromatic rings. The summed E-state index contributed by atoms with van der Waals surface area (Å²) in [7, 11) is 1.89. The second-order valence-electron chi connectivity index (χ2n) is 3.59. The normalized spacial score (nSPS) is 10.6. The van der Waals surface area contributed by atoms with E-state index in [0.29, 0.717) is 0 Å². The van der Waals surface area contributed by atoms with E-state index in [2.05, 4.69) is 28.5 Å². The Morgan fingerprint density at radius 3 is 2.69 bits per heavy atom. The molecule has 0 aromatic carbocycles. The zero-order valence-electron chi connectivity index (χ0n) is 9.78. The van der Waals surface area contributed by atoms with Crippen LogP contribution in [0.5, 0.6) is 0 Å². The third-order valence-electron chi connectivity index (χ3n) is 2.12. The molecule has 1 N–H and O–H groups in total. The van der Waals surface area contributed by atoms with E-state index in [1.165, 1.54) is 0 Å². The van der Waals surface area contributed by atoms with Crippen molar-refractivity contribution in [2.75, 3.05) is 20.1 Å². The van der Waals surface area contributed by atoms with Crippen LogP contribution in [0.3, 0.4) is 0 Å². The summed E-state index contributed by atoms with van der Waals surface area (Å²) < 4.78 is 5.24. The Bertz CT molecular complexity index is 323. The summed E-state index contributed by atoms with van der Waals surface area (Å²) in [5, 5.41) is 7.00. The second-order valence-corrected chi connectivity index (χ2v) is 3.59. The highest BCUT2D eigenvalue weighted by atomic mass is 16.5. The molecule has 0 atom stereocenters. The van der Waals surface area contributed by atoms with Gasteiger partial charge in [-0.25, -0.2) is 0 Å². The first-order valence-corrected chi connectivity index (χ1v) is 5.33. The van der Waals surface area contributed by atoms with Crippen LogP contribution in [0.2, 0.25) is 0 Å². The fourth-order valence-electron chi connectivity index (χ4n) is 1.48. The zero-order chi connectivity index (χ0) is 11.8. The number of aromatic nitrogens is 1. The summed E-state index contributed by atoms with van der Waals surface area (Å²) in [5.74, 6) is 0.869. The van der Waals surface area contributed by atoms with Gasteiger partial charge in [-0.1, -0.05) is 17.3 Å². The molecule has 16 heavy (non-hydrogen) atoms. The fraction of sp³-hybridized carbons (Fsp3) is 0.417. The quantitative estimate of drug-likeness (QED) is 0.676. The van der Waals surface area contributed by atoms with Gasteiger partial charge in [0.15, 0.2) is 5.76 Å². The molecule has 0 amide bonds. The predicted molar refractivity (Wildman–Crippen MR) is 64.9 cm³/mol. The lowest BCUT2D eigenvalue weighted by molar-refractivity contribution is 0.271. The highest BCUT2D eigenvalue weighted by molar-refractivity contribution is 5.05. The van der Waals surface area contributed by atoms with E-state index >= 15 is 0 Å². The molecule has 4 heteroatoms. The zero-order valence-corrected chi connectivity index (χ0v) is 9.78. The van der Waals surface area contributed by atoms with Crippen molar-refractivity contribution in [2.24, 2.45) is 0 Å². The molecule has 1 heterocycles. The van der Waals surface area contributed by atoms with Crippen molar-refractivity contribution in [3.63, 3.8) is 0 Å². The minimum absolute atomic E-state index is 0.729. The maximum atomic E-state index is 5.24. The van der Waals surface area contributed by atoms with Crippen LogP contribution in [-0.4, -0.2) is 30.2 Å². The molecule has 0 aliphatic rings. The first-order valence-electron chi connectivity index (χ1n) is 5.33. The van der Waals surface area contributed by atoms with Crippen LogP contribution in [0.15, 0.2) is 35.9 Å². The van der Waals surface area contributed by atoms with Crippen LogP contribution in [0.1, 0.15) is 11.5 Å². The molecule has 1 rings (SSSR count). The Labute approximate surface area is 96.6 Å². The molecule has 0 saturated heterocycles. The number of nitrogens with one attached hydrogen (secondary N) is 1. The first-order chi connectivity index (χ1) is 7.80. The van der Waals surface area contributed by atoms with E-state index in [9.17, 15) is 0 Å². The van der Waals surface area contributed by atoms with Gasteiger partial charge >= 0.3 is 0 Å². The Kier molecular flexibility index (Phi) is 5.53. The molecule has 0 aliphatic heterocycles. The lowest BCUT2D eigenvalue weighted by atomic mass is 10.3. The minimum atomic E-state index is 0.729. The van der Waals surface area contributed by atoms with Crippen LogP contribution < -0.4 is 5.32 Å². The van der Waals surface area contributed by atoms with E-state index in [1.807, 2.05) is 25.3 Å². The van der Waals surface area contributed by atoms with E-state index in [4.69, 9.17) is 4.52 Å². The Morgan fingerprint density at radius 2 is 2.12 bits per heavy atom. The van der Waals surface area contributed by atoms with Gasteiger partial charge in [0, 0.05) is 25.7 Å². The molecular formula is C12H19N3O. The monoisotopic (exact) mass is 221 g/mol. The molecule has 4 nitrogen and oxygen atoms in total. The smallest absolute Gasteiger partial charge is 0.151 e. The lowest BCUT2D eigenvalue weighted by Crippen LogP contribution is -2.22. The maximum absolute atomic E-state index is 5.24. The average Bonchev–Trinajstić information content (AvgIpc) is 2.67. The molecule has 0 bridgehead atoms. The van der Waals surface area contributed by atoms with E-state index in [0.717, 1.165) is 37.6 Å². The third kappa shape index (κ3) is 4.00. The minimum Gasteiger partial charge on any atom is -0.360 e. The average molecular weight is 221 g/mol. The van der Waals surface area contributed by atoms with Crippen molar-refractivity contribution in [3.05, 3.63) is 42.8 Å². The molecule has 88 valence electrons. The van der Waals surface area contributed by atoms with E-state index in [1.54, 1.807) is 0 Å². The van der Waals surface area contributed by atoms with E-state index in [-0.39, 0.29) is 0 Å². The molecular weight excluding hydrogens is 202 g/mol. The van der Waals surface area contributed by atoms with Crippen molar-refractivity contribution in [3.8, 4) is 0 Å². The van der Waals surface area contributed by atoms with Crippen LogP contribution in [0.25, 0.3) is 0 Å². The summed E-state index contributed by atoms with van der Waals surface area (Å²) in [4.78, 5) is 2.17. The van der Waals surface area contributed by atoms with Crippen LogP contribution in [0, 0.1) is 0 Å². The van der Waals surface area contributed by atoms with Gasteiger partial charge in [-0.3, -0.25) is 4.90 Å². The van der Waals surface area contributed by atoms with Gasteiger partial charge in [-0.2, -0.15) is 0 Å². The van der Waals surface area contributed by atoms with Crippen molar-refractivity contribution < 1.29 is 4.52 Å². The van der Waals surface area contributed by atoms with Crippen molar-refractivity contribution >= 4 is 0 Å². The lowest BCUT2D eigenvalue weighted by Gasteiger charge is -2.16. The fourth-order valence-corrected chi connectivity index (χ4v) is 1.48. The molecule has 0 spiro atoms. The Balaban J connectivity index is 2.54. The third-order valence-corrected chi connectivity index (χ3v) is 2.12. The van der Waals surface area contributed by atoms with Crippen molar-refractivity contribution in [2.45, 2.75) is 13.1 Å². The molecule has 0 fully saturated rings. The summed E-state index contributed by atoms with van der Waals surface area (Å²) in [6, 6.07) is 1.97. The van der Waals surface area contributed by atoms with Gasteiger partial charge in [-0.05, 0) is 7.05 Å². The van der Waals surface area contributed by atoms with Gasteiger partial charge < -0.3 is 9.84 Å². The second kappa shape index (κ2) is 6.98. The van der Waals surface area contributed by atoms with E-state index < -0.39 is 0 Å². The van der Waals surface area contributed by atoms with Gasteiger partial charge in [-0.15, -0.1) is 13.2 Å².